The lowest BCUT2D eigenvalue weighted by Crippen LogP contribution is -2.18. The van der Waals surface area contributed by atoms with E-state index in [2.05, 4.69) is 57.5 Å². The topological polar surface area (TPSA) is 59.3 Å². The van der Waals surface area contributed by atoms with E-state index in [4.69, 9.17) is 0 Å². The fraction of sp³-hybridized carbons (Fsp3) is 0.267. The van der Waals surface area contributed by atoms with Crippen LogP contribution in [0.15, 0.2) is 40.0 Å². The second-order valence-corrected chi connectivity index (χ2v) is 5.87. The highest BCUT2D eigenvalue weighted by Crippen LogP contribution is 2.14. The van der Waals surface area contributed by atoms with E-state index in [0.717, 1.165) is 5.56 Å². The molecular weight excluding hydrogens is 332 g/mol. The van der Waals surface area contributed by atoms with Gasteiger partial charge < -0.3 is 0 Å². The Morgan fingerprint density at radius 1 is 1.38 bits per heavy atom. The highest BCUT2D eigenvalue weighted by Gasteiger charge is 2.13. The van der Waals surface area contributed by atoms with E-state index in [1.54, 1.807) is 24.1 Å². The smallest absolute Gasteiger partial charge is 0.274 e. The first-order valence-electron chi connectivity index (χ1n) is 6.60. The minimum Gasteiger partial charge on any atom is -0.274 e. The van der Waals surface area contributed by atoms with Gasteiger partial charge in [0, 0.05) is 13.2 Å². The van der Waals surface area contributed by atoms with Crippen molar-refractivity contribution in [1.29, 1.82) is 0 Å². The van der Waals surface area contributed by atoms with Crippen LogP contribution >= 0.6 is 15.9 Å². The molecule has 0 fully saturated rings. The van der Waals surface area contributed by atoms with Gasteiger partial charge in [0.2, 0.25) is 0 Å². The van der Waals surface area contributed by atoms with Gasteiger partial charge in [-0.1, -0.05) is 38.1 Å². The Morgan fingerprint density at radius 2 is 2.05 bits per heavy atom. The summed E-state index contributed by atoms with van der Waals surface area (Å²) >= 11 is 3.28. The van der Waals surface area contributed by atoms with Crippen LogP contribution in [-0.2, 0) is 7.05 Å². The summed E-state index contributed by atoms with van der Waals surface area (Å²) < 4.78 is 2.20. The van der Waals surface area contributed by atoms with E-state index in [0.29, 0.717) is 16.1 Å². The van der Waals surface area contributed by atoms with Gasteiger partial charge in [-0.25, -0.2) is 5.43 Å². The summed E-state index contributed by atoms with van der Waals surface area (Å²) in [7, 11) is 1.75. The summed E-state index contributed by atoms with van der Waals surface area (Å²) in [6.45, 7) is 4.29. The predicted molar refractivity (Wildman–Crippen MR) is 86.5 cm³/mol. The van der Waals surface area contributed by atoms with Gasteiger partial charge in [-0.2, -0.15) is 10.2 Å². The molecule has 110 valence electrons. The number of hydrogen-bond acceptors (Lipinski definition) is 3. The van der Waals surface area contributed by atoms with Gasteiger partial charge in [-0.3, -0.25) is 9.48 Å². The standard InChI is InChI=1S/C15H17BrN4O/c1-10(2)12-6-4-11(5-7-12)8-17-18-15(21)14-13(16)9-20(3)19-14/h4-10H,1-3H3,(H,18,21)/b17-8+. The first-order valence-corrected chi connectivity index (χ1v) is 7.39. The highest BCUT2D eigenvalue weighted by molar-refractivity contribution is 9.10. The zero-order valence-electron chi connectivity index (χ0n) is 12.2. The van der Waals surface area contributed by atoms with Crippen molar-refractivity contribution in [2.24, 2.45) is 12.1 Å². The number of nitrogens with zero attached hydrogens (tertiary/aromatic N) is 3. The quantitative estimate of drug-likeness (QED) is 0.681. The van der Waals surface area contributed by atoms with Crippen LogP contribution < -0.4 is 5.43 Å². The second kappa shape index (κ2) is 6.67. The molecule has 0 aliphatic rings. The molecule has 0 saturated carbocycles. The Kier molecular flexibility index (Phi) is 4.90. The van der Waals surface area contributed by atoms with Crippen molar-refractivity contribution in [3.63, 3.8) is 0 Å². The van der Waals surface area contributed by atoms with Gasteiger partial charge in [0.05, 0.1) is 10.7 Å². The number of aromatic nitrogens is 2. The maximum atomic E-state index is 11.9. The van der Waals surface area contributed by atoms with E-state index < -0.39 is 0 Å². The molecule has 1 amide bonds. The minimum absolute atomic E-state index is 0.310. The number of nitrogens with one attached hydrogen (secondary N) is 1. The predicted octanol–water partition coefficient (Wildman–Crippen LogP) is 3.07. The van der Waals surface area contributed by atoms with Gasteiger partial charge in [0.15, 0.2) is 5.69 Å². The number of halogens is 1. The number of hydrogen-bond donors (Lipinski definition) is 1. The SMILES string of the molecule is CC(C)c1ccc(/C=N/NC(=O)c2nn(C)cc2Br)cc1. The van der Waals surface area contributed by atoms with Crippen molar-refractivity contribution in [2.75, 3.05) is 0 Å². The molecule has 0 bridgehead atoms. The Morgan fingerprint density at radius 3 is 2.57 bits per heavy atom. The lowest BCUT2D eigenvalue weighted by Gasteiger charge is -2.04. The average molecular weight is 349 g/mol. The number of hydrazone groups is 1. The molecule has 1 aromatic heterocycles. The molecule has 0 radical (unpaired) electrons. The molecule has 1 heterocycles. The third-order valence-corrected chi connectivity index (χ3v) is 3.56. The summed E-state index contributed by atoms with van der Waals surface area (Å²) in [5.74, 6) is 0.148. The summed E-state index contributed by atoms with van der Waals surface area (Å²) in [6, 6.07) is 8.07. The first kappa shape index (κ1) is 15.4. The molecule has 0 spiro atoms. The lowest BCUT2D eigenvalue weighted by molar-refractivity contribution is 0.0948. The van der Waals surface area contributed by atoms with Gasteiger partial charge in [0.1, 0.15) is 0 Å². The molecule has 2 rings (SSSR count). The maximum absolute atomic E-state index is 11.9. The summed E-state index contributed by atoms with van der Waals surface area (Å²) in [5.41, 5.74) is 4.98. The van der Waals surface area contributed by atoms with Crippen LogP contribution in [-0.4, -0.2) is 21.9 Å². The van der Waals surface area contributed by atoms with Crippen LogP contribution in [0.5, 0.6) is 0 Å². The van der Waals surface area contributed by atoms with Crippen LogP contribution in [0.4, 0.5) is 0 Å². The summed E-state index contributed by atoms with van der Waals surface area (Å²) in [5, 5.41) is 8.00. The average Bonchev–Trinajstić information content (AvgIpc) is 2.78. The van der Waals surface area contributed by atoms with Crippen LogP contribution in [0.25, 0.3) is 0 Å². The number of carbonyl (C=O) groups is 1. The number of benzene rings is 1. The van der Waals surface area contributed by atoms with Crippen LogP contribution in [0.3, 0.4) is 0 Å². The third-order valence-electron chi connectivity index (χ3n) is 2.98. The number of amides is 1. The molecule has 21 heavy (non-hydrogen) atoms. The van der Waals surface area contributed by atoms with Gasteiger partial charge in [-0.15, -0.1) is 0 Å². The molecule has 1 aromatic carbocycles. The van der Waals surface area contributed by atoms with Crippen molar-refractivity contribution in [3.8, 4) is 0 Å². The third kappa shape index (κ3) is 4.01. The number of carbonyl (C=O) groups excluding carboxylic acids is 1. The van der Waals surface area contributed by atoms with Crippen molar-refractivity contribution in [1.82, 2.24) is 15.2 Å². The fourth-order valence-corrected chi connectivity index (χ4v) is 2.35. The molecule has 0 aliphatic heterocycles. The first-order chi connectivity index (χ1) is 9.97. The highest BCUT2D eigenvalue weighted by atomic mass is 79.9. The summed E-state index contributed by atoms with van der Waals surface area (Å²) in [6.07, 6.45) is 3.32. The lowest BCUT2D eigenvalue weighted by atomic mass is 10.0. The normalized spacial score (nSPS) is 11.3. The zero-order valence-corrected chi connectivity index (χ0v) is 13.8. The Labute approximate surface area is 132 Å². The molecule has 6 heteroatoms. The molecule has 0 unspecified atom stereocenters. The Balaban J connectivity index is 1.99. The zero-order chi connectivity index (χ0) is 15.4. The maximum Gasteiger partial charge on any atom is 0.293 e. The van der Waals surface area contributed by atoms with Crippen LogP contribution in [0.1, 0.15) is 41.4 Å². The molecule has 0 saturated heterocycles. The van der Waals surface area contributed by atoms with Gasteiger partial charge in [0.25, 0.3) is 5.91 Å². The monoisotopic (exact) mass is 348 g/mol. The van der Waals surface area contributed by atoms with E-state index in [1.165, 1.54) is 5.56 Å². The molecule has 2 aromatic rings. The minimum atomic E-state index is -0.350. The number of rotatable bonds is 4. The van der Waals surface area contributed by atoms with E-state index >= 15 is 0 Å². The van der Waals surface area contributed by atoms with E-state index in [9.17, 15) is 4.79 Å². The van der Waals surface area contributed by atoms with Crippen molar-refractivity contribution < 1.29 is 4.79 Å². The van der Waals surface area contributed by atoms with Crippen molar-refractivity contribution >= 4 is 28.1 Å². The van der Waals surface area contributed by atoms with Crippen molar-refractivity contribution in [2.45, 2.75) is 19.8 Å². The Bertz CT molecular complexity index is 659. The van der Waals surface area contributed by atoms with Crippen molar-refractivity contribution in [3.05, 3.63) is 51.8 Å². The Hall–Kier alpha value is -1.95. The van der Waals surface area contributed by atoms with Gasteiger partial charge in [-0.05, 0) is 33.0 Å². The second-order valence-electron chi connectivity index (χ2n) is 5.02. The molecule has 0 atom stereocenters. The number of aryl methyl sites for hydroxylation is 1. The van der Waals surface area contributed by atoms with Crippen LogP contribution in [0.2, 0.25) is 0 Å². The molecule has 5 nitrogen and oxygen atoms in total. The molecule has 0 aliphatic carbocycles. The fourth-order valence-electron chi connectivity index (χ4n) is 1.80. The van der Waals surface area contributed by atoms with E-state index in [-0.39, 0.29) is 5.91 Å². The molecule has 1 N–H and O–H groups in total. The summed E-state index contributed by atoms with van der Waals surface area (Å²) in [4.78, 5) is 11.9. The van der Waals surface area contributed by atoms with Crippen LogP contribution in [0, 0.1) is 0 Å². The molecular formula is C15H17BrN4O. The largest absolute Gasteiger partial charge is 0.293 e. The van der Waals surface area contributed by atoms with E-state index in [1.807, 2.05) is 12.1 Å². The van der Waals surface area contributed by atoms with Gasteiger partial charge >= 0.3 is 0 Å².